The van der Waals surface area contributed by atoms with E-state index in [-0.39, 0.29) is 36.1 Å². The highest BCUT2D eigenvalue weighted by molar-refractivity contribution is 5.95. The number of rotatable bonds is 6. The number of fused-ring (bicyclic) bond motifs is 2. The summed E-state index contributed by atoms with van der Waals surface area (Å²) in [4.78, 5) is 40.0. The second-order valence-corrected chi connectivity index (χ2v) is 8.06. The van der Waals surface area contributed by atoms with Crippen molar-refractivity contribution in [3.8, 4) is 0 Å². The minimum atomic E-state index is -0.813. The number of benzene rings is 1. The number of amides is 2. The molecule has 1 N–H and O–H groups in total. The quantitative estimate of drug-likeness (QED) is 0.729. The summed E-state index contributed by atoms with van der Waals surface area (Å²) in [6.07, 6.45) is 2.60. The van der Waals surface area contributed by atoms with Crippen LogP contribution in [0.2, 0.25) is 0 Å². The number of esters is 1. The van der Waals surface area contributed by atoms with Crippen LogP contribution in [0.4, 0.5) is 0 Å². The molecule has 0 aliphatic carbocycles. The average molecular weight is 411 g/mol. The van der Waals surface area contributed by atoms with E-state index < -0.39 is 11.4 Å². The van der Waals surface area contributed by atoms with Gasteiger partial charge in [-0.05, 0) is 38.2 Å². The summed E-state index contributed by atoms with van der Waals surface area (Å²) >= 11 is 0. The summed E-state index contributed by atoms with van der Waals surface area (Å²) in [5.74, 6) is -0.378. The van der Waals surface area contributed by atoms with E-state index in [2.05, 4.69) is 15.2 Å². The van der Waals surface area contributed by atoms with Crippen molar-refractivity contribution in [2.24, 2.45) is 5.41 Å². The molecule has 0 saturated carbocycles. The summed E-state index contributed by atoms with van der Waals surface area (Å²) in [5.41, 5.74) is 0.463. The van der Waals surface area contributed by atoms with Crippen molar-refractivity contribution < 1.29 is 23.6 Å². The monoisotopic (exact) mass is 411 g/mol. The van der Waals surface area contributed by atoms with E-state index in [4.69, 9.17) is 4.52 Å². The average Bonchev–Trinajstić information content (AvgIpc) is 3.45. The Hall–Kier alpha value is -3.16. The van der Waals surface area contributed by atoms with Crippen LogP contribution in [0.15, 0.2) is 40.9 Å². The largest absolute Gasteiger partial charge is 0.468 e. The smallest absolute Gasteiger partial charge is 0.325 e. The molecular weight excluding hydrogens is 386 g/mol. The minimum Gasteiger partial charge on any atom is -0.468 e. The van der Waals surface area contributed by atoms with E-state index >= 15 is 0 Å². The van der Waals surface area contributed by atoms with Crippen molar-refractivity contribution in [3.63, 3.8) is 0 Å². The van der Waals surface area contributed by atoms with Gasteiger partial charge in [-0.3, -0.25) is 14.4 Å². The summed E-state index contributed by atoms with van der Waals surface area (Å²) < 4.78 is 9.74. The molecule has 8 heteroatoms. The van der Waals surface area contributed by atoms with Crippen molar-refractivity contribution in [1.29, 1.82) is 0 Å². The van der Waals surface area contributed by atoms with Gasteiger partial charge in [-0.1, -0.05) is 35.5 Å². The van der Waals surface area contributed by atoms with Crippen LogP contribution in [0, 0.1) is 12.3 Å². The van der Waals surface area contributed by atoms with Gasteiger partial charge in [0, 0.05) is 18.2 Å². The lowest BCUT2D eigenvalue weighted by Crippen LogP contribution is -2.52. The lowest BCUT2D eigenvalue weighted by Gasteiger charge is -2.36. The molecule has 2 saturated heterocycles. The normalized spacial score (nSPS) is 24.7. The third kappa shape index (κ3) is 3.46. The Morgan fingerprint density at radius 2 is 2.03 bits per heavy atom. The number of carbonyl (C=O) groups excluding carboxylic acids is 3. The van der Waals surface area contributed by atoms with Crippen molar-refractivity contribution in [1.82, 2.24) is 15.4 Å². The van der Waals surface area contributed by atoms with E-state index in [0.29, 0.717) is 18.6 Å². The van der Waals surface area contributed by atoms with E-state index in [9.17, 15) is 14.4 Å². The van der Waals surface area contributed by atoms with Crippen molar-refractivity contribution in [2.75, 3.05) is 13.7 Å². The van der Waals surface area contributed by atoms with Crippen molar-refractivity contribution in [3.05, 3.63) is 53.4 Å². The third-order valence-electron chi connectivity index (χ3n) is 6.26. The Morgan fingerprint density at radius 1 is 1.27 bits per heavy atom. The van der Waals surface area contributed by atoms with Crippen LogP contribution in [0.5, 0.6) is 0 Å². The second-order valence-electron chi connectivity index (χ2n) is 8.06. The molecule has 2 fully saturated rings. The number of hydrogen-bond donors (Lipinski definition) is 1. The summed E-state index contributed by atoms with van der Waals surface area (Å²) in [6, 6.07) is 11.1. The molecule has 3 atom stereocenters. The van der Waals surface area contributed by atoms with Crippen LogP contribution in [-0.2, 0) is 20.7 Å². The van der Waals surface area contributed by atoms with Crippen LogP contribution in [0.3, 0.4) is 0 Å². The van der Waals surface area contributed by atoms with Gasteiger partial charge in [-0.2, -0.15) is 0 Å². The zero-order valence-electron chi connectivity index (χ0n) is 17.1. The van der Waals surface area contributed by atoms with Gasteiger partial charge in [-0.15, -0.1) is 0 Å². The number of carbonyl (C=O) groups is 3. The molecule has 0 radical (unpaired) electrons. The third-order valence-corrected chi connectivity index (χ3v) is 6.26. The van der Waals surface area contributed by atoms with Gasteiger partial charge in [-0.25, -0.2) is 0 Å². The number of aryl methyl sites for hydroxylation is 1. The summed E-state index contributed by atoms with van der Waals surface area (Å²) in [5, 5.41) is 6.62. The number of methoxy groups -OCH3 is 1. The molecular formula is C22H25N3O5. The topological polar surface area (TPSA) is 102 Å². The van der Waals surface area contributed by atoms with Gasteiger partial charge in [0.05, 0.1) is 12.5 Å². The highest BCUT2D eigenvalue weighted by Gasteiger charge is 2.61. The Balaban J connectivity index is 1.65. The molecule has 0 unspecified atom stereocenters. The molecule has 3 heterocycles. The Labute approximate surface area is 174 Å². The fraction of sp³-hybridized carbons (Fsp3) is 0.455. The first-order valence-electron chi connectivity index (χ1n) is 10.1. The fourth-order valence-electron chi connectivity index (χ4n) is 4.96. The summed E-state index contributed by atoms with van der Waals surface area (Å²) in [7, 11) is 1.28. The zero-order valence-corrected chi connectivity index (χ0v) is 17.1. The SMILES string of the molecule is COC(=O)CNC(=O)[C@@]1(Cc2ccccc2)C[C@H]2CC[C@@H]1N2C(=O)c1cc(C)on1. The molecule has 2 bridgehead atoms. The molecule has 8 nitrogen and oxygen atoms in total. The van der Waals surface area contributed by atoms with Crippen molar-refractivity contribution >= 4 is 17.8 Å². The number of nitrogens with one attached hydrogen (secondary N) is 1. The van der Waals surface area contributed by atoms with Gasteiger partial charge < -0.3 is 19.5 Å². The highest BCUT2D eigenvalue weighted by atomic mass is 16.5. The zero-order chi connectivity index (χ0) is 21.3. The maximum Gasteiger partial charge on any atom is 0.325 e. The van der Waals surface area contributed by atoms with Gasteiger partial charge in [0.25, 0.3) is 5.91 Å². The summed E-state index contributed by atoms with van der Waals surface area (Å²) in [6.45, 7) is 1.54. The molecule has 2 aromatic rings. The minimum absolute atomic E-state index is 0.0490. The predicted molar refractivity (Wildman–Crippen MR) is 106 cm³/mol. The molecule has 2 amide bonds. The van der Waals surface area contributed by atoms with E-state index in [0.717, 1.165) is 18.4 Å². The molecule has 158 valence electrons. The molecule has 30 heavy (non-hydrogen) atoms. The van der Waals surface area contributed by atoms with Gasteiger partial charge in [0.2, 0.25) is 5.91 Å². The Morgan fingerprint density at radius 3 is 2.70 bits per heavy atom. The lowest BCUT2D eigenvalue weighted by atomic mass is 9.69. The van der Waals surface area contributed by atoms with Crippen molar-refractivity contribution in [2.45, 2.75) is 44.7 Å². The van der Waals surface area contributed by atoms with E-state index in [1.807, 2.05) is 30.3 Å². The van der Waals surface area contributed by atoms with Crippen LogP contribution in [0.25, 0.3) is 0 Å². The Kier molecular flexibility index (Phi) is 5.32. The molecule has 1 aromatic heterocycles. The predicted octanol–water partition coefficient (Wildman–Crippen LogP) is 1.88. The number of nitrogens with zero attached hydrogens (tertiary/aromatic N) is 2. The second kappa shape index (κ2) is 7.93. The highest BCUT2D eigenvalue weighted by Crippen LogP contribution is 2.52. The molecule has 4 rings (SSSR count). The van der Waals surface area contributed by atoms with Crippen LogP contribution in [-0.4, -0.2) is 53.6 Å². The van der Waals surface area contributed by atoms with Gasteiger partial charge in [0.1, 0.15) is 12.3 Å². The molecule has 1 aromatic carbocycles. The maximum absolute atomic E-state index is 13.4. The number of aromatic nitrogens is 1. The standard InChI is InChI=1S/C22H25N3O5/c1-14-10-17(24-30-14)20(27)25-16-8-9-18(25)22(12-16,11-15-6-4-3-5-7-15)21(28)23-13-19(26)29-2/h3-7,10,16,18H,8-9,11-13H2,1-2H3,(H,23,28)/t16-,18+,22+/m1/s1. The molecule has 0 spiro atoms. The first-order valence-corrected chi connectivity index (χ1v) is 10.1. The molecule has 2 aliphatic heterocycles. The van der Waals surface area contributed by atoms with E-state index in [1.54, 1.807) is 17.9 Å². The Bertz CT molecular complexity index is 957. The van der Waals surface area contributed by atoms with Crippen LogP contribution in [0.1, 0.15) is 41.1 Å². The van der Waals surface area contributed by atoms with Gasteiger partial charge in [0.15, 0.2) is 5.69 Å². The van der Waals surface area contributed by atoms with Crippen LogP contribution >= 0.6 is 0 Å². The van der Waals surface area contributed by atoms with Crippen LogP contribution < -0.4 is 5.32 Å². The number of ether oxygens (including phenoxy) is 1. The molecule has 2 aliphatic rings. The van der Waals surface area contributed by atoms with Gasteiger partial charge >= 0.3 is 5.97 Å². The fourth-order valence-corrected chi connectivity index (χ4v) is 4.96. The lowest BCUT2D eigenvalue weighted by molar-refractivity contribution is -0.143. The van der Waals surface area contributed by atoms with E-state index in [1.165, 1.54) is 7.11 Å². The first kappa shape index (κ1) is 20.1. The first-order chi connectivity index (χ1) is 14.4. The maximum atomic E-state index is 13.4. The number of hydrogen-bond acceptors (Lipinski definition) is 6.